The number of aromatic nitrogens is 2. The predicted molar refractivity (Wildman–Crippen MR) is 46.8 cm³/mol. The van der Waals surface area contributed by atoms with E-state index >= 15 is 0 Å². The summed E-state index contributed by atoms with van der Waals surface area (Å²) in [6, 6.07) is 0. The Kier molecular flexibility index (Phi) is 2.65. The first kappa shape index (κ1) is 9.42. The molecule has 5 heteroatoms. The molecule has 1 rings (SSSR count). The molecule has 0 aliphatic heterocycles. The highest BCUT2D eigenvalue weighted by Crippen LogP contribution is 2.17. The molecule has 1 aromatic heterocycles. The molecule has 0 saturated heterocycles. The summed E-state index contributed by atoms with van der Waals surface area (Å²) in [4.78, 5) is 18.4. The number of carbonyl (C=O) groups excluding carboxylic acids is 1. The van der Waals surface area contributed by atoms with Gasteiger partial charge in [0.05, 0.1) is 0 Å². The van der Waals surface area contributed by atoms with Crippen LogP contribution in [-0.4, -0.2) is 15.8 Å². The molecule has 0 bridgehead atoms. The average Bonchev–Trinajstić information content (AvgIpc) is 1.96. The van der Waals surface area contributed by atoms with Gasteiger partial charge >= 0.3 is 0 Å². The molecule has 0 unspecified atom stereocenters. The van der Waals surface area contributed by atoms with Gasteiger partial charge in [0.1, 0.15) is 10.8 Å². The van der Waals surface area contributed by atoms with Crippen molar-refractivity contribution >= 4 is 29.0 Å². The van der Waals surface area contributed by atoms with Gasteiger partial charge in [-0.05, 0) is 18.5 Å². The largest absolute Gasteiger partial charge is 0.293 e. The van der Waals surface area contributed by atoms with Crippen LogP contribution in [0.15, 0.2) is 0 Å². The van der Waals surface area contributed by atoms with Gasteiger partial charge in [0.25, 0.3) is 0 Å². The van der Waals surface area contributed by atoms with E-state index in [9.17, 15) is 4.79 Å². The molecule has 0 fully saturated rings. The van der Waals surface area contributed by atoms with E-state index in [1.165, 1.54) is 6.92 Å². The van der Waals surface area contributed by atoms with E-state index in [0.29, 0.717) is 5.56 Å². The minimum Gasteiger partial charge on any atom is -0.293 e. The molecule has 0 aliphatic rings. The van der Waals surface area contributed by atoms with E-state index in [2.05, 4.69) is 9.97 Å². The van der Waals surface area contributed by atoms with Crippen molar-refractivity contribution in [3.05, 3.63) is 21.7 Å². The predicted octanol–water partition coefficient (Wildman–Crippen LogP) is 2.29. The van der Waals surface area contributed by atoms with Gasteiger partial charge in [-0.25, -0.2) is 9.97 Å². The van der Waals surface area contributed by atoms with Crippen molar-refractivity contribution in [3.63, 3.8) is 0 Å². The fraction of sp³-hybridized carbons (Fsp3) is 0.286. The lowest BCUT2D eigenvalue weighted by Gasteiger charge is -2.01. The Morgan fingerprint density at radius 1 is 1.33 bits per heavy atom. The Labute approximate surface area is 79.7 Å². The Balaban J connectivity index is 3.37. The molecule has 0 saturated carbocycles. The van der Waals surface area contributed by atoms with Crippen molar-refractivity contribution in [1.82, 2.24) is 9.97 Å². The number of halogens is 2. The monoisotopic (exact) mass is 204 g/mol. The second kappa shape index (κ2) is 3.37. The number of Topliss-reactive ketones (excluding diaryl/α,β-unsaturated/α-hetero) is 1. The fourth-order valence-corrected chi connectivity index (χ4v) is 1.19. The van der Waals surface area contributed by atoms with Crippen LogP contribution in [0, 0.1) is 6.92 Å². The van der Waals surface area contributed by atoms with Crippen molar-refractivity contribution in [1.29, 1.82) is 0 Å². The molecule has 1 heterocycles. The molecule has 64 valence electrons. The first-order valence-electron chi connectivity index (χ1n) is 3.23. The molecular weight excluding hydrogens is 199 g/mol. The van der Waals surface area contributed by atoms with Crippen molar-refractivity contribution in [3.8, 4) is 0 Å². The summed E-state index contributed by atoms with van der Waals surface area (Å²) < 4.78 is 0. The van der Waals surface area contributed by atoms with Gasteiger partial charge in [0, 0.05) is 12.5 Å². The van der Waals surface area contributed by atoms with Crippen LogP contribution in [0.5, 0.6) is 0 Å². The third-order valence-corrected chi connectivity index (χ3v) is 1.93. The SMILES string of the molecule is CC(=O)c1nc(Cl)nc(Cl)c1C. The zero-order valence-corrected chi connectivity index (χ0v) is 8.07. The molecule has 1 aromatic rings. The molecule has 0 aromatic carbocycles. The lowest BCUT2D eigenvalue weighted by atomic mass is 10.2. The normalized spacial score (nSPS) is 10.0. The van der Waals surface area contributed by atoms with Crippen LogP contribution in [0.25, 0.3) is 0 Å². The zero-order chi connectivity index (χ0) is 9.30. The maximum Gasteiger partial charge on any atom is 0.224 e. The summed E-state index contributed by atoms with van der Waals surface area (Å²) in [5.41, 5.74) is 0.841. The number of nitrogens with zero attached hydrogens (tertiary/aromatic N) is 2. The Morgan fingerprint density at radius 2 is 1.92 bits per heavy atom. The van der Waals surface area contributed by atoms with Gasteiger partial charge < -0.3 is 0 Å². The number of rotatable bonds is 1. The average molecular weight is 205 g/mol. The molecular formula is C7H6Cl2N2O. The van der Waals surface area contributed by atoms with Gasteiger partial charge in [-0.1, -0.05) is 11.6 Å². The smallest absolute Gasteiger partial charge is 0.224 e. The minimum absolute atomic E-state index is 0.00389. The van der Waals surface area contributed by atoms with Crippen LogP contribution in [0.1, 0.15) is 23.0 Å². The molecule has 0 aliphatic carbocycles. The van der Waals surface area contributed by atoms with Gasteiger partial charge in [0.15, 0.2) is 5.78 Å². The van der Waals surface area contributed by atoms with E-state index in [4.69, 9.17) is 23.2 Å². The van der Waals surface area contributed by atoms with Crippen LogP contribution >= 0.6 is 23.2 Å². The van der Waals surface area contributed by atoms with Crippen molar-refractivity contribution < 1.29 is 4.79 Å². The molecule has 0 atom stereocenters. The molecule has 0 spiro atoms. The summed E-state index contributed by atoms with van der Waals surface area (Å²) in [6.07, 6.45) is 0. The Bertz CT molecular complexity index is 338. The Morgan fingerprint density at radius 3 is 2.42 bits per heavy atom. The fourth-order valence-electron chi connectivity index (χ4n) is 0.806. The third-order valence-electron chi connectivity index (χ3n) is 1.39. The van der Waals surface area contributed by atoms with E-state index in [1.807, 2.05) is 0 Å². The van der Waals surface area contributed by atoms with Crippen LogP contribution in [-0.2, 0) is 0 Å². The maximum atomic E-state index is 11.0. The molecule has 0 N–H and O–H groups in total. The summed E-state index contributed by atoms with van der Waals surface area (Å²) in [6.45, 7) is 3.08. The third kappa shape index (κ3) is 1.73. The highest BCUT2D eigenvalue weighted by Gasteiger charge is 2.11. The Hall–Kier alpha value is -0.670. The number of hydrogen-bond acceptors (Lipinski definition) is 3. The van der Waals surface area contributed by atoms with E-state index in [-0.39, 0.29) is 21.9 Å². The highest BCUT2D eigenvalue weighted by atomic mass is 35.5. The lowest BCUT2D eigenvalue weighted by Crippen LogP contribution is -2.02. The van der Waals surface area contributed by atoms with E-state index in [1.54, 1.807) is 6.92 Å². The summed E-state index contributed by atoms with van der Waals surface area (Å²) in [5.74, 6) is -0.168. The zero-order valence-electron chi connectivity index (χ0n) is 6.56. The van der Waals surface area contributed by atoms with Crippen molar-refractivity contribution in [2.24, 2.45) is 0 Å². The number of hydrogen-bond donors (Lipinski definition) is 0. The molecule has 0 radical (unpaired) electrons. The van der Waals surface area contributed by atoms with Crippen LogP contribution < -0.4 is 0 Å². The maximum absolute atomic E-state index is 11.0. The second-order valence-electron chi connectivity index (χ2n) is 2.31. The van der Waals surface area contributed by atoms with E-state index < -0.39 is 0 Å². The summed E-state index contributed by atoms with van der Waals surface area (Å²) in [7, 11) is 0. The quantitative estimate of drug-likeness (QED) is 0.401. The molecule has 0 amide bonds. The van der Waals surface area contributed by atoms with Gasteiger partial charge in [0.2, 0.25) is 5.28 Å². The van der Waals surface area contributed by atoms with Crippen molar-refractivity contribution in [2.75, 3.05) is 0 Å². The van der Waals surface area contributed by atoms with Crippen LogP contribution in [0.3, 0.4) is 0 Å². The first-order valence-corrected chi connectivity index (χ1v) is 3.98. The number of carbonyl (C=O) groups is 1. The van der Waals surface area contributed by atoms with Crippen molar-refractivity contribution in [2.45, 2.75) is 13.8 Å². The second-order valence-corrected chi connectivity index (χ2v) is 3.01. The van der Waals surface area contributed by atoms with Gasteiger partial charge in [-0.3, -0.25) is 4.79 Å². The van der Waals surface area contributed by atoms with Crippen LogP contribution in [0.2, 0.25) is 10.4 Å². The highest BCUT2D eigenvalue weighted by molar-refractivity contribution is 6.32. The van der Waals surface area contributed by atoms with Gasteiger partial charge in [-0.2, -0.15) is 0 Å². The van der Waals surface area contributed by atoms with Crippen LogP contribution in [0.4, 0.5) is 0 Å². The minimum atomic E-state index is -0.168. The number of ketones is 1. The summed E-state index contributed by atoms with van der Waals surface area (Å²) >= 11 is 11.2. The molecule has 3 nitrogen and oxygen atoms in total. The van der Waals surface area contributed by atoms with Gasteiger partial charge in [-0.15, -0.1) is 0 Å². The summed E-state index contributed by atoms with van der Waals surface area (Å²) in [5, 5.41) is 0.219. The first-order chi connectivity index (χ1) is 5.52. The molecule has 12 heavy (non-hydrogen) atoms. The van der Waals surface area contributed by atoms with E-state index in [0.717, 1.165) is 0 Å². The lowest BCUT2D eigenvalue weighted by molar-refractivity contribution is 0.101. The standard InChI is InChI=1S/C7H6Cl2N2O/c1-3-5(4(2)12)10-7(9)11-6(3)8/h1-2H3. The topological polar surface area (TPSA) is 42.9 Å².